The molecule has 0 spiro atoms. The van der Waals surface area contributed by atoms with E-state index in [9.17, 15) is 4.79 Å². The highest BCUT2D eigenvalue weighted by Gasteiger charge is 2.25. The quantitative estimate of drug-likeness (QED) is 0.330. The van der Waals surface area contributed by atoms with Crippen LogP contribution in [0.3, 0.4) is 0 Å². The zero-order valence-electron chi connectivity index (χ0n) is 18.3. The van der Waals surface area contributed by atoms with Gasteiger partial charge in [-0.2, -0.15) is 4.57 Å². The molecule has 4 aromatic rings. The molecule has 0 aliphatic carbocycles. The third-order valence-electron chi connectivity index (χ3n) is 5.48. The third kappa shape index (κ3) is 4.76. The summed E-state index contributed by atoms with van der Waals surface area (Å²) in [7, 11) is 2.03. The lowest BCUT2D eigenvalue weighted by Crippen LogP contribution is -3.00. The lowest BCUT2D eigenvalue weighted by atomic mass is 10.2. The van der Waals surface area contributed by atoms with E-state index in [-0.39, 0.29) is 18.0 Å². The molecule has 1 aliphatic heterocycles. The van der Waals surface area contributed by atoms with E-state index in [2.05, 4.69) is 55.2 Å². The molecule has 0 saturated heterocycles. The summed E-state index contributed by atoms with van der Waals surface area (Å²) in [6, 6.07) is 14.1. The van der Waals surface area contributed by atoms with E-state index >= 15 is 0 Å². The molecule has 0 amide bonds. The minimum Gasteiger partial charge on any atom is -1.00 e. The number of fused-ring (bicyclic) bond motifs is 1. The van der Waals surface area contributed by atoms with Gasteiger partial charge in [-0.3, -0.25) is 9.36 Å². The van der Waals surface area contributed by atoms with Crippen LogP contribution < -0.4 is 36.6 Å². The van der Waals surface area contributed by atoms with E-state index in [0.717, 1.165) is 44.9 Å². The summed E-state index contributed by atoms with van der Waals surface area (Å²) in [6.45, 7) is 3.32. The number of thioether (sulfide) groups is 1. The standard InChI is InChI=1S/C24H20BrClN3OS3.ClH/c1-3-29-21(13-20-28(10-11-31-20)14-15-6-4-5-7-17(15)26)33-22(23(29)30)24-27(2)18-9-8-16(25)12-19(18)32-24;/h4-13H,3,14H2,1-2H3;1H/q+1;/p-1/b24-22+;. The van der Waals surface area contributed by atoms with Crippen LogP contribution in [0, 0.1) is 0 Å². The molecular formula is C24H20BrCl2N3OS3. The van der Waals surface area contributed by atoms with Crippen molar-refractivity contribution in [3.05, 3.63) is 93.7 Å². The maximum absolute atomic E-state index is 13.4. The van der Waals surface area contributed by atoms with E-state index in [1.165, 1.54) is 0 Å². The Morgan fingerprint density at radius 3 is 2.76 bits per heavy atom. The van der Waals surface area contributed by atoms with Crippen molar-refractivity contribution in [2.75, 3.05) is 11.9 Å². The first-order valence-corrected chi connectivity index (χ1v) is 14.0. The summed E-state index contributed by atoms with van der Waals surface area (Å²) < 4.78 is 6.80. The highest BCUT2D eigenvalue weighted by molar-refractivity contribution is 9.10. The molecule has 5 rings (SSSR count). The SMILES string of the molecule is CCn1c(=O)/c(=C2\Sc3cc(Br)ccc3N2C)s/c1=C\c1scc[n+]1Cc1ccccc1Cl.[Cl-]. The molecule has 0 unspecified atom stereocenters. The summed E-state index contributed by atoms with van der Waals surface area (Å²) in [5, 5.41) is 4.88. The molecule has 0 N–H and O–H groups in total. The molecule has 2 aromatic carbocycles. The van der Waals surface area contributed by atoms with Crippen molar-refractivity contribution in [3.63, 3.8) is 0 Å². The van der Waals surface area contributed by atoms with Crippen LogP contribution in [0.5, 0.6) is 0 Å². The Balaban J connectivity index is 0.00000274. The van der Waals surface area contributed by atoms with E-state index < -0.39 is 0 Å². The number of aromatic nitrogens is 2. The van der Waals surface area contributed by atoms with Gasteiger partial charge in [0.2, 0.25) is 0 Å². The summed E-state index contributed by atoms with van der Waals surface area (Å²) in [6.07, 6.45) is 4.18. The fourth-order valence-electron chi connectivity index (χ4n) is 3.77. The zero-order chi connectivity index (χ0) is 23.1. The minimum absolute atomic E-state index is 0. The second-order valence-electron chi connectivity index (χ2n) is 7.50. The van der Waals surface area contributed by atoms with Gasteiger partial charge in [0, 0.05) is 28.5 Å². The first-order valence-electron chi connectivity index (χ1n) is 10.3. The van der Waals surface area contributed by atoms with E-state index in [4.69, 9.17) is 11.6 Å². The van der Waals surface area contributed by atoms with Crippen LogP contribution in [0.25, 0.3) is 11.1 Å². The second-order valence-corrected chi connectivity index (χ2v) is 11.8. The monoisotopic (exact) mass is 611 g/mol. The molecule has 0 radical (unpaired) electrons. The van der Waals surface area contributed by atoms with Gasteiger partial charge in [0.05, 0.1) is 22.2 Å². The molecule has 4 nitrogen and oxygen atoms in total. The first-order chi connectivity index (χ1) is 16.0. The number of benzene rings is 2. The van der Waals surface area contributed by atoms with Crippen molar-refractivity contribution in [1.82, 2.24) is 4.57 Å². The van der Waals surface area contributed by atoms with Crippen molar-refractivity contribution in [2.45, 2.75) is 24.9 Å². The number of hydrogen-bond acceptors (Lipinski definition) is 5. The average molecular weight is 613 g/mol. The fraction of sp³-hybridized carbons (Fsp3) is 0.167. The predicted molar refractivity (Wildman–Crippen MR) is 144 cm³/mol. The Labute approximate surface area is 229 Å². The van der Waals surface area contributed by atoms with Gasteiger partial charge in [-0.1, -0.05) is 68.8 Å². The fourth-order valence-corrected chi connectivity index (χ4v) is 7.84. The van der Waals surface area contributed by atoms with E-state index in [0.29, 0.717) is 13.1 Å². The van der Waals surface area contributed by atoms with Crippen molar-refractivity contribution in [2.24, 2.45) is 0 Å². The van der Waals surface area contributed by atoms with Crippen LogP contribution in [0.15, 0.2) is 68.2 Å². The van der Waals surface area contributed by atoms with Gasteiger partial charge < -0.3 is 17.3 Å². The lowest BCUT2D eigenvalue weighted by Gasteiger charge is -2.12. The lowest BCUT2D eigenvalue weighted by molar-refractivity contribution is -0.685. The Hall–Kier alpha value is -1.55. The van der Waals surface area contributed by atoms with Gasteiger partial charge >= 0.3 is 0 Å². The molecule has 0 fully saturated rings. The molecule has 2 aromatic heterocycles. The summed E-state index contributed by atoms with van der Waals surface area (Å²) in [4.78, 5) is 16.7. The van der Waals surface area contributed by atoms with Crippen LogP contribution in [-0.4, -0.2) is 11.6 Å². The van der Waals surface area contributed by atoms with Crippen LogP contribution in [0.2, 0.25) is 5.02 Å². The van der Waals surface area contributed by atoms with Gasteiger partial charge in [-0.15, -0.1) is 11.3 Å². The number of rotatable bonds is 4. The van der Waals surface area contributed by atoms with Gasteiger partial charge in [0.15, 0.2) is 12.7 Å². The number of nitrogens with zero attached hydrogens (tertiary/aromatic N) is 3. The molecule has 3 heterocycles. The molecule has 0 saturated carbocycles. The highest BCUT2D eigenvalue weighted by Crippen LogP contribution is 2.46. The predicted octanol–water partition coefficient (Wildman–Crippen LogP) is 1.88. The van der Waals surface area contributed by atoms with Gasteiger partial charge in [0.25, 0.3) is 10.6 Å². The van der Waals surface area contributed by atoms with Crippen molar-refractivity contribution in [3.8, 4) is 0 Å². The summed E-state index contributed by atoms with van der Waals surface area (Å²) in [5.41, 5.74) is 2.25. The van der Waals surface area contributed by atoms with E-state index in [1.54, 1.807) is 34.4 Å². The van der Waals surface area contributed by atoms with Gasteiger partial charge in [-0.25, -0.2) is 0 Å². The van der Waals surface area contributed by atoms with Crippen LogP contribution >= 0.6 is 62.0 Å². The molecule has 10 heteroatoms. The van der Waals surface area contributed by atoms with Crippen LogP contribution in [-0.2, 0) is 13.1 Å². The molecule has 34 heavy (non-hydrogen) atoms. The maximum Gasteiger partial charge on any atom is 0.271 e. The van der Waals surface area contributed by atoms with Crippen LogP contribution in [0.4, 0.5) is 5.69 Å². The average Bonchev–Trinajstić information content (AvgIpc) is 3.46. The Morgan fingerprint density at radius 2 is 2.00 bits per heavy atom. The normalized spacial score (nSPS) is 14.9. The largest absolute Gasteiger partial charge is 1.00 e. The van der Waals surface area contributed by atoms with Gasteiger partial charge in [-0.05, 0) is 31.2 Å². The molecule has 176 valence electrons. The molecule has 0 bridgehead atoms. The molecule has 0 atom stereocenters. The van der Waals surface area contributed by atoms with Crippen molar-refractivity contribution in [1.29, 1.82) is 0 Å². The highest BCUT2D eigenvalue weighted by atomic mass is 79.9. The van der Waals surface area contributed by atoms with Crippen LogP contribution in [0.1, 0.15) is 17.5 Å². The summed E-state index contributed by atoms with van der Waals surface area (Å²) in [5.74, 6) is 0. The smallest absolute Gasteiger partial charge is 0.271 e. The topological polar surface area (TPSA) is 29.1 Å². The Kier molecular flexibility index (Phi) is 7.96. The Morgan fingerprint density at radius 1 is 1.21 bits per heavy atom. The molecular weight excluding hydrogens is 593 g/mol. The zero-order valence-corrected chi connectivity index (χ0v) is 23.8. The number of halogens is 3. The number of hydrogen-bond donors (Lipinski definition) is 0. The van der Waals surface area contributed by atoms with Crippen molar-refractivity contribution >= 4 is 78.8 Å². The molecule has 1 aliphatic rings. The third-order valence-corrected chi connectivity index (χ3v) is 9.66. The summed E-state index contributed by atoms with van der Waals surface area (Å²) >= 11 is 14.8. The van der Waals surface area contributed by atoms with Crippen molar-refractivity contribution < 1.29 is 17.0 Å². The Bertz CT molecular complexity index is 1540. The minimum atomic E-state index is 0. The maximum atomic E-state index is 13.4. The number of anilines is 1. The second kappa shape index (κ2) is 10.6. The van der Waals surface area contributed by atoms with Gasteiger partial charge in [0.1, 0.15) is 14.2 Å². The number of thiazole rings is 2. The van der Waals surface area contributed by atoms with E-state index in [1.807, 2.05) is 48.9 Å². The first kappa shape index (κ1) is 25.5.